The molecule has 0 spiro atoms. The number of anilines is 2. The molecule has 39 heavy (non-hydrogen) atoms. The van der Waals surface area contributed by atoms with E-state index < -0.39 is 23.9 Å². The van der Waals surface area contributed by atoms with Gasteiger partial charge in [-0.2, -0.15) is 4.98 Å². The van der Waals surface area contributed by atoms with E-state index in [4.69, 9.17) is 21.6 Å². The normalized spacial score (nSPS) is 11.3. The number of fused-ring (bicyclic) bond motifs is 1. The van der Waals surface area contributed by atoms with Crippen molar-refractivity contribution in [3.8, 4) is 18.2 Å². The molecule has 0 aliphatic heterocycles. The third kappa shape index (κ3) is 7.82. The second-order valence-corrected chi connectivity index (χ2v) is 8.49. The minimum Gasteiger partial charge on any atom is -0.493 e. The number of rotatable bonds is 12. The lowest BCUT2D eigenvalue weighted by Gasteiger charge is -2.23. The molecule has 0 bridgehead atoms. The Kier molecular flexibility index (Phi) is 10.0. The SMILES string of the molecule is C#CCN(Cc1ccc2nc(N)nc(O)c2c1)c1ccc(C(=O)N[C@H](CCC(=O)OCC)C(=O)OCC)cc1. The van der Waals surface area contributed by atoms with Crippen LogP contribution in [0.15, 0.2) is 42.5 Å². The molecule has 11 heteroatoms. The summed E-state index contributed by atoms with van der Waals surface area (Å²) in [4.78, 5) is 46.8. The minimum atomic E-state index is -0.997. The smallest absolute Gasteiger partial charge is 0.328 e. The maximum Gasteiger partial charge on any atom is 0.328 e. The molecular formula is C28H31N5O6. The summed E-state index contributed by atoms with van der Waals surface area (Å²) in [5.41, 5.74) is 8.04. The first-order valence-electron chi connectivity index (χ1n) is 12.4. The quantitative estimate of drug-likeness (QED) is 0.233. The molecule has 3 aromatic rings. The van der Waals surface area contributed by atoms with Gasteiger partial charge in [0.2, 0.25) is 11.8 Å². The molecule has 0 unspecified atom stereocenters. The number of terminal acetylenes is 1. The van der Waals surface area contributed by atoms with Gasteiger partial charge < -0.3 is 30.5 Å². The highest BCUT2D eigenvalue weighted by molar-refractivity contribution is 5.97. The third-order valence-corrected chi connectivity index (χ3v) is 5.73. The van der Waals surface area contributed by atoms with E-state index in [2.05, 4.69) is 21.2 Å². The van der Waals surface area contributed by atoms with Crippen LogP contribution >= 0.6 is 0 Å². The van der Waals surface area contributed by atoms with Crippen LogP contribution in [0.1, 0.15) is 42.6 Å². The fraction of sp³-hybridized carbons (Fsp3) is 0.321. The van der Waals surface area contributed by atoms with Crippen molar-refractivity contribution in [1.82, 2.24) is 15.3 Å². The van der Waals surface area contributed by atoms with E-state index in [1.54, 1.807) is 50.2 Å². The van der Waals surface area contributed by atoms with Crippen molar-refractivity contribution in [2.45, 2.75) is 39.3 Å². The van der Waals surface area contributed by atoms with Crippen molar-refractivity contribution in [1.29, 1.82) is 0 Å². The van der Waals surface area contributed by atoms with Crippen LogP contribution in [-0.2, 0) is 25.6 Å². The Morgan fingerprint density at radius 1 is 1.10 bits per heavy atom. The first kappa shape index (κ1) is 28.7. The molecule has 0 saturated carbocycles. The van der Waals surface area contributed by atoms with Crippen LogP contribution in [0.2, 0.25) is 0 Å². The van der Waals surface area contributed by atoms with Crippen LogP contribution in [-0.4, -0.2) is 58.7 Å². The molecular weight excluding hydrogens is 502 g/mol. The Labute approximate surface area is 226 Å². The highest BCUT2D eigenvalue weighted by Crippen LogP contribution is 2.25. The van der Waals surface area contributed by atoms with Crippen LogP contribution < -0.4 is 16.0 Å². The molecule has 3 rings (SSSR count). The zero-order valence-electron chi connectivity index (χ0n) is 21.8. The number of nitrogen functional groups attached to an aromatic ring is 1. The average Bonchev–Trinajstić information content (AvgIpc) is 2.91. The van der Waals surface area contributed by atoms with Gasteiger partial charge in [0.1, 0.15) is 6.04 Å². The zero-order valence-corrected chi connectivity index (χ0v) is 21.8. The van der Waals surface area contributed by atoms with Crippen molar-refractivity contribution in [3.63, 3.8) is 0 Å². The number of amides is 1. The Bertz CT molecular complexity index is 1370. The first-order valence-corrected chi connectivity index (χ1v) is 12.4. The number of ether oxygens (including phenoxy) is 2. The molecule has 4 N–H and O–H groups in total. The second-order valence-electron chi connectivity index (χ2n) is 8.49. The van der Waals surface area contributed by atoms with Crippen LogP contribution in [0.4, 0.5) is 11.6 Å². The molecule has 1 amide bonds. The van der Waals surface area contributed by atoms with Crippen molar-refractivity contribution < 1.29 is 29.0 Å². The van der Waals surface area contributed by atoms with Gasteiger partial charge in [0.05, 0.1) is 30.7 Å². The lowest BCUT2D eigenvalue weighted by molar-refractivity contribution is -0.146. The fourth-order valence-corrected chi connectivity index (χ4v) is 3.90. The monoisotopic (exact) mass is 533 g/mol. The van der Waals surface area contributed by atoms with Crippen LogP contribution in [0, 0.1) is 12.3 Å². The number of nitrogens with one attached hydrogen (secondary N) is 1. The van der Waals surface area contributed by atoms with Gasteiger partial charge in [-0.05, 0) is 62.2 Å². The van der Waals surface area contributed by atoms with E-state index in [9.17, 15) is 19.5 Å². The lowest BCUT2D eigenvalue weighted by atomic mass is 10.1. The Morgan fingerprint density at radius 2 is 1.82 bits per heavy atom. The number of esters is 2. The van der Waals surface area contributed by atoms with Gasteiger partial charge in [-0.15, -0.1) is 6.42 Å². The summed E-state index contributed by atoms with van der Waals surface area (Å²) in [6.07, 6.45) is 5.61. The average molecular weight is 534 g/mol. The molecule has 1 heterocycles. The topological polar surface area (TPSA) is 157 Å². The molecule has 0 saturated heterocycles. The van der Waals surface area contributed by atoms with Gasteiger partial charge in [0, 0.05) is 24.2 Å². The van der Waals surface area contributed by atoms with Gasteiger partial charge in [-0.3, -0.25) is 9.59 Å². The largest absolute Gasteiger partial charge is 0.493 e. The number of carbonyl (C=O) groups is 3. The summed E-state index contributed by atoms with van der Waals surface area (Å²) >= 11 is 0. The zero-order chi connectivity index (χ0) is 28.4. The van der Waals surface area contributed by atoms with E-state index in [0.29, 0.717) is 23.0 Å². The number of carbonyl (C=O) groups excluding carboxylic acids is 3. The summed E-state index contributed by atoms with van der Waals surface area (Å²) in [7, 11) is 0. The number of nitrogens with zero attached hydrogens (tertiary/aromatic N) is 3. The van der Waals surface area contributed by atoms with Crippen LogP contribution in [0.25, 0.3) is 10.9 Å². The number of hydrogen-bond acceptors (Lipinski definition) is 10. The molecule has 1 aromatic heterocycles. The molecule has 11 nitrogen and oxygen atoms in total. The first-order chi connectivity index (χ1) is 18.7. The third-order valence-electron chi connectivity index (χ3n) is 5.73. The molecule has 204 valence electrons. The maximum absolute atomic E-state index is 12.9. The predicted molar refractivity (Wildman–Crippen MR) is 146 cm³/mol. The van der Waals surface area contributed by atoms with Crippen molar-refractivity contribution >= 4 is 40.4 Å². The fourth-order valence-electron chi connectivity index (χ4n) is 3.90. The Morgan fingerprint density at radius 3 is 2.49 bits per heavy atom. The minimum absolute atomic E-state index is 0.0154. The summed E-state index contributed by atoms with van der Waals surface area (Å²) in [6.45, 7) is 4.41. The molecule has 0 aliphatic carbocycles. The van der Waals surface area contributed by atoms with E-state index in [-0.39, 0.29) is 44.4 Å². The van der Waals surface area contributed by atoms with Crippen LogP contribution in [0.3, 0.4) is 0 Å². The highest BCUT2D eigenvalue weighted by Gasteiger charge is 2.24. The molecule has 0 fully saturated rings. The number of benzene rings is 2. The number of nitrogens with two attached hydrogens (primary N) is 1. The predicted octanol–water partition coefficient (Wildman–Crippen LogP) is 2.56. The molecule has 0 aliphatic rings. The number of aromatic nitrogens is 2. The number of hydrogen-bond donors (Lipinski definition) is 3. The Balaban J connectivity index is 1.73. The van der Waals surface area contributed by atoms with Crippen molar-refractivity contribution in [2.24, 2.45) is 0 Å². The van der Waals surface area contributed by atoms with Crippen molar-refractivity contribution in [3.05, 3.63) is 53.6 Å². The van der Waals surface area contributed by atoms with E-state index in [1.165, 1.54) is 0 Å². The lowest BCUT2D eigenvalue weighted by Crippen LogP contribution is -2.42. The maximum atomic E-state index is 12.9. The van der Waals surface area contributed by atoms with Gasteiger partial charge in [-0.1, -0.05) is 12.0 Å². The van der Waals surface area contributed by atoms with Crippen molar-refractivity contribution in [2.75, 3.05) is 30.4 Å². The summed E-state index contributed by atoms with van der Waals surface area (Å²) < 4.78 is 9.95. The van der Waals surface area contributed by atoms with Crippen LogP contribution in [0.5, 0.6) is 5.88 Å². The molecule has 2 aromatic carbocycles. The molecule has 0 radical (unpaired) electrons. The summed E-state index contributed by atoms with van der Waals surface area (Å²) in [6, 6.07) is 11.1. The second kappa shape index (κ2) is 13.6. The Hall–Kier alpha value is -4.85. The van der Waals surface area contributed by atoms with Gasteiger partial charge in [0.25, 0.3) is 5.91 Å². The van der Waals surface area contributed by atoms with E-state index >= 15 is 0 Å². The highest BCUT2D eigenvalue weighted by atomic mass is 16.5. The number of aromatic hydroxyl groups is 1. The summed E-state index contributed by atoms with van der Waals surface area (Å²) in [5, 5.41) is 13.3. The summed E-state index contributed by atoms with van der Waals surface area (Å²) in [5.74, 6) is 0.833. The standard InChI is InChI=1S/C28H31N5O6/c1-4-15-33(17-18-7-12-22-21(16-18)26(36)32-28(29)31-22)20-10-8-19(9-11-20)25(35)30-23(27(37)39-6-3)13-14-24(34)38-5-2/h1,7-12,16,23H,5-6,13-15,17H2,2-3H3,(H,30,35)(H3,29,31,32,36)/t23-/m1/s1. The van der Waals surface area contributed by atoms with Gasteiger partial charge in [0.15, 0.2) is 0 Å². The van der Waals surface area contributed by atoms with E-state index in [1.807, 2.05) is 11.0 Å². The van der Waals surface area contributed by atoms with Gasteiger partial charge >= 0.3 is 11.9 Å². The van der Waals surface area contributed by atoms with Gasteiger partial charge in [-0.25, -0.2) is 9.78 Å². The van der Waals surface area contributed by atoms with E-state index in [0.717, 1.165) is 11.3 Å². The molecule has 1 atom stereocenters.